The summed E-state index contributed by atoms with van der Waals surface area (Å²) in [4.78, 5) is 9.39. The first-order chi connectivity index (χ1) is 18.6. The largest absolute Gasteiger partial charge is 0.456 e. The Kier molecular flexibility index (Phi) is 5.58. The number of rotatable bonds is 5. The number of nitrogens with zero attached hydrogens (tertiary/aromatic N) is 4. The summed E-state index contributed by atoms with van der Waals surface area (Å²) in [5.74, 6) is 1.75. The van der Waals surface area contributed by atoms with Crippen molar-refractivity contribution in [2.45, 2.75) is 12.8 Å². The summed E-state index contributed by atoms with van der Waals surface area (Å²) in [5, 5.41) is 6.47. The van der Waals surface area contributed by atoms with Crippen LogP contribution in [0.1, 0.15) is 17.6 Å². The number of halogens is 1. The number of aromatic nitrogens is 4. The number of fused-ring (bicyclic) bond motifs is 2. The first-order valence-electron chi connectivity index (χ1n) is 12.2. The molecule has 0 amide bonds. The molecule has 0 bridgehead atoms. The Hall–Kier alpha value is -4.24. The van der Waals surface area contributed by atoms with Crippen molar-refractivity contribution >= 4 is 39.1 Å². The van der Waals surface area contributed by atoms with Crippen LogP contribution >= 0.6 is 11.6 Å². The quantitative estimate of drug-likeness (QED) is 0.211. The highest BCUT2D eigenvalue weighted by atomic mass is 35.5. The molecule has 6 aromatic rings. The van der Waals surface area contributed by atoms with Gasteiger partial charge in [-0.1, -0.05) is 41.9 Å². The fraction of sp³-hybridized carbons (Fsp3) is 0.138. The molecule has 0 atom stereocenters. The zero-order chi connectivity index (χ0) is 25.6. The van der Waals surface area contributed by atoms with Gasteiger partial charge in [0.2, 0.25) is 6.29 Å². The molecule has 9 heteroatoms. The molecule has 188 valence electrons. The molecule has 1 aliphatic rings. The summed E-state index contributed by atoms with van der Waals surface area (Å²) in [7, 11) is 0. The van der Waals surface area contributed by atoms with Gasteiger partial charge in [-0.25, -0.2) is 9.97 Å². The Morgan fingerprint density at radius 3 is 2.61 bits per heavy atom. The van der Waals surface area contributed by atoms with E-state index in [0.29, 0.717) is 58.8 Å². The Morgan fingerprint density at radius 1 is 0.921 bits per heavy atom. The van der Waals surface area contributed by atoms with Crippen molar-refractivity contribution in [3.05, 3.63) is 95.5 Å². The number of benzene rings is 3. The highest BCUT2D eigenvalue weighted by Gasteiger charge is 2.22. The predicted octanol–water partition coefficient (Wildman–Crippen LogP) is 6.24. The second-order valence-corrected chi connectivity index (χ2v) is 9.49. The average molecular weight is 524 g/mol. The molecule has 1 fully saturated rings. The highest BCUT2D eigenvalue weighted by molar-refractivity contribution is 6.35. The van der Waals surface area contributed by atoms with Gasteiger partial charge in [0.25, 0.3) is 0 Å². The van der Waals surface area contributed by atoms with Crippen molar-refractivity contribution in [1.82, 2.24) is 19.7 Å². The van der Waals surface area contributed by atoms with Crippen molar-refractivity contribution in [3.63, 3.8) is 0 Å². The van der Waals surface area contributed by atoms with Crippen molar-refractivity contribution in [2.75, 3.05) is 18.9 Å². The van der Waals surface area contributed by atoms with Crippen LogP contribution in [0, 0.1) is 0 Å². The molecule has 1 saturated heterocycles. The van der Waals surface area contributed by atoms with Crippen LogP contribution in [-0.2, 0) is 16.0 Å². The number of anilines is 1. The van der Waals surface area contributed by atoms with Crippen LogP contribution in [-0.4, -0.2) is 33.0 Å². The summed E-state index contributed by atoms with van der Waals surface area (Å²) in [6, 6.07) is 23.7. The van der Waals surface area contributed by atoms with Crippen LogP contribution < -0.4 is 5.73 Å². The van der Waals surface area contributed by atoms with Crippen LogP contribution in [0.4, 0.5) is 5.69 Å². The zero-order valence-corrected chi connectivity index (χ0v) is 20.9. The maximum absolute atomic E-state index is 6.61. The Morgan fingerprint density at radius 2 is 1.76 bits per heavy atom. The number of hydrogen-bond acceptors (Lipinski definition) is 7. The zero-order valence-electron chi connectivity index (χ0n) is 20.2. The summed E-state index contributed by atoms with van der Waals surface area (Å²) in [6.45, 7) is 1.78. The number of nitrogens with two attached hydrogens (primary N) is 1. The molecular weight excluding hydrogens is 502 g/mol. The molecule has 0 aliphatic carbocycles. The van der Waals surface area contributed by atoms with Crippen LogP contribution in [0.5, 0.6) is 0 Å². The van der Waals surface area contributed by atoms with Gasteiger partial charge in [-0.15, -0.1) is 0 Å². The summed E-state index contributed by atoms with van der Waals surface area (Å²) in [6.07, 6.45) is 1.36. The molecule has 0 spiro atoms. The van der Waals surface area contributed by atoms with Gasteiger partial charge in [-0.3, -0.25) is 4.68 Å². The average Bonchev–Trinajstić information content (AvgIpc) is 3.70. The minimum absolute atomic E-state index is 0.293. The third-order valence-corrected chi connectivity index (χ3v) is 6.90. The van der Waals surface area contributed by atoms with Gasteiger partial charge in [0.15, 0.2) is 11.6 Å². The third-order valence-electron chi connectivity index (χ3n) is 6.63. The van der Waals surface area contributed by atoms with Crippen molar-refractivity contribution < 1.29 is 13.9 Å². The molecule has 2 N–H and O–H groups in total. The van der Waals surface area contributed by atoms with E-state index in [9.17, 15) is 0 Å². The first kappa shape index (κ1) is 22.9. The van der Waals surface area contributed by atoms with E-state index in [4.69, 9.17) is 36.2 Å². The Balaban J connectivity index is 1.25. The minimum Gasteiger partial charge on any atom is -0.456 e. The van der Waals surface area contributed by atoms with E-state index >= 15 is 0 Å². The van der Waals surface area contributed by atoms with E-state index in [1.54, 1.807) is 0 Å². The maximum atomic E-state index is 6.61. The molecule has 1 aliphatic heterocycles. The van der Waals surface area contributed by atoms with E-state index in [1.807, 2.05) is 71.5 Å². The smallest absolute Gasteiger partial charge is 0.217 e. The van der Waals surface area contributed by atoms with Crippen molar-refractivity contribution in [1.29, 1.82) is 0 Å². The summed E-state index contributed by atoms with van der Waals surface area (Å²) >= 11 is 6.61. The second-order valence-electron chi connectivity index (χ2n) is 9.13. The molecular formula is C29H22ClN5O3. The van der Waals surface area contributed by atoms with Crippen molar-refractivity contribution in [2.24, 2.45) is 0 Å². The first-order valence-corrected chi connectivity index (χ1v) is 12.6. The van der Waals surface area contributed by atoms with Crippen LogP contribution in [0.25, 0.3) is 44.5 Å². The normalized spacial score (nSPS) is 14.1. The number of hydrogen-bond donors (Lipinski definition) is 1. The lowest BCUT2D eigenvalue weighted by molar-refractivity contribution is -0.0585. The van der Waals surface area contributed by atoms with E-state index in [1.165, 1.54) is 5.56 Å². The van der Waals surface area contributed by atoms with Crippen LogP contribution in [0.2, 0.25) is 5.15 Å². The number of furan rings is 1. The third kappa shape index (κ3) is 4.09. The molecule has 8 nitrogen and oxygen atoms in total. The second kappa shape index (κ2) is 9.25. The van der Waals surface area contributed by atoms with Gasteiger partial charge in [0.1, 0.15) is 10.9 Å². The van der Waals surface area contributed by atoms with E-state index in [2.05, 4.69) is 22.2 Å². The number of ether oxygens (including phenoxy) is 2. The predicted molar refractivity (Wildman–Crippen MR) is 146 cm³/mol. The highest BCUT2D eigenvalue weighted by Crippen LogP contribution is 2.36. The SMILES string of the molecule is Nc1cc(-c2ccc(C3OCCO3)o2)cc2nc(-c3ccc4c(cnn4Cc4ccccc4)c3)nc(Cl)c12. The van der Waals surface area contributed by atoms with Crippen LogP contribution in [0.3, 0.4) is 0 Å². The molecule has 7 rings (SSSR count). The van der Waals surface area contributed by atoms with Gasteiger partial charge >= 0.3 is 0 Å². The molecule has 0 radical (unpaired) electrons. The van der Waals surface area contributed by atoms with Gasteiger partial charge in [-0.2, -0.15) is 5.10 Å². The Bertz CT molecular complexity index is 1790. The lowest BCUT2D eigenvalue weighted by atomic mass is 10.1. The monoisotopic (exact) mass is 523 g/mol. The fourth-order valence-electron chi connectivity index (χ4n) is 4.79. The van der Waals surface area contributed by atoms with E-state index in [-0.39, 0.29) is 0 Å². The topological polar surface area (TPSA) is 101 Å². The standard InChI is InChI=1S/C29H22ClN5O3/c30-27-26-21(31)13-19(24-8-9-25(38-24)29-36-10-11-37-29)14-22(26)33-28(34-27)18-6-7-23-20(12-18)15-32-35(23)16-17-4-2-1-3-5-17/h1-9,12-15,29H,10-11,16,31H2. The molecule has 38 heavy (non-hydrogen) atoms. The molecule has 0 unspecified atom stereocenters. The number of nitrogen functional groups attached to an aromatic ring is 1. The van der Waals surface area contributed by atoms with Crippen LogP contribution in [0.15, 0.2) is 83.4 Å². The van der Waals surface area contributed by atoms with E-state index in [0.717, 1.165) is 22.0 Å². The molecule has 3 aromatic heterocycles. The molecule has 0 saturated carbocycles. The lowest BCUT2D eigenvalue weighted by Gasteiger charge is -2.10. The van der Waals surface area contributed by atoms with Gasteiger partial charge in [0.05, 0.1) is 42.4 Å². The lowest BCUT2D eigenvalue weighted by Crippen LogP contribution is -2.01. The molecule has 3 aromatic carbocycles. The maximum Gasteiger partial charge on any atom is 0.217 e. The summed E-state index contributed by atoms with van der Waals surface area (Å²) in [5.41, 5.74) is 11.3. The van der Waals surface area contributed by atoms with Gasteiger partial charge < -0.3 is 19.6 Å². The minimum atomic E-state index is -0.489. The van der Waals surface area contributed by atoms with E-state index < -0.39 is 6.29 Å². The fourth-order valence-corrected chi connectivity index (χ4v) is 5.07. The molecule has 4 heterocycles. The van der Waals surface area contributed by atoms with Gasteiger partial charge in [0, 0.05) is 22.2 Å². The Labute approximate surface area is 222 Å². The van der Waals surface area contributed by atoms with Gasteiger partial charge in [-0.05, 0) is 48.0 Å². The van der Waals surface area contributed by atoms with Crippen molar-refractivity contribution in [3.8, 4) is 22.7 Å². The summed E-state index contributed by atoms with van der Waals surface area (Å²) < 4.78 is 19.1.